The predicted molar refractivity (Wildman–Crippen MR) is 107 cm³/mol. The number of rotatable bonds is 5. The molecule has 2 aromatic carbocycles. The van der Waals surface area contributed by atoms with Crippen molar-refractivity contribution in [2.45, 2.75) is 50.2 Å². The Morgan fingerprint density at radius 2 is 1.28 bits per heavy atom. The molecule has 4 heteroatoms. The lowest BCUT2D eigenvalue weighted by Gasteiger charge is -2.42. The van der Waals surface area contributed by atoms with Crippen LogP contribution >= 0.6 is 0 Å². The molecular weight excluding hydrogens is 324 g/mol. The Labute approximate surface area is 152 Å². The lowest BCUT2D eigenvalue weighted by atomic mass is 9.94. The fraction of sp³-hybridized carbons (Fsp3) is 0.429. The van der Waals surface area contributed by atoms with Crippen molar-refractivity contribution in [1.29, 1.82) is 0 Å². The highest BCUT2D eigenvalue weighted by Crippen LogP contribution is 2.44. The van der Waals surface area contributed by atoms with Crippen LogP contribution in [-0.4, -0.2) is 25.2 Å². The van der Waals surface area contributed by atoms with Gasteiger partial charge in [-0.1, -0.05) is 74.5 Å². The Bertz CT molecular complexity index is 640. The van der Waals surface area contributed by atoms with Crippen LogP contribution < -0.4 is 21.8 Å². The van der Waals surface area contributed by atoms with E-state index in [9.17, 15) is 4.80 Å². The summed E-state index contributed by atoms with van der Waals surface area (Å²) in [4.78, 5) is 12.2. The summed E-state index contributed by atoms with van der Waals surface area (Å²) in [6.45, 7) is 4.43. The molecule has 0 aliphatic heterocycles. The van der Waals surface area contributed by atoms with Crippen LogP contribution in [0.25, 0.3) is 0 Å². The maximum Gasteiger partial charge on any atom is 0.258 e. The van der Waals surface area contributed by atoms with E-state index in [-0.39, 0.29) is 17.1 Å². The highest BCUT2D eigenvalue weighted by atomic mass is 28.4. The van der Waals surface area contributed by atoms with Crippen molar-refractivity contribution in [2.75, 3.05) is 0 Å². The SMILES string of the molecule is CC(C)(CC1CC(N)C(N)C1)[Si](O)(c1ccccc1)c1ccccc1. The van der Waals surface area contributed by atoms with E-state index in [2.05, 4.69) is 38.1 Å². The predicted octanol–water partition coefficient (Wildman–Crippen LogP) is 1.97. The molecule has 3 nitrogen and oxygen atoms in total. The van der Waals surface area contributed by atoms with E-state index in [0.29, 0.717) is 5.92 Å². The minimum absolute atomic E-state index is 0.0870. The largest absolute Gasteiger partial charge is 0.424 e. The molecule has 0 heterocycles. The van der Waals surface area contributed by atoms with Gasteiger partial charge in [-0.05, 0) is 40.6 Å². The van der Waals surface area contributed by atoms with Crippen molar-refractivity contribution in [3.05, 3.63) is 60.7 Å². The molecule has 2 unspecified atom stereocenters. The van der Waals surface area contributed by atoms with Crippen molar-refractivity contribution >= 4 is 18.7 Å². The quantitative estimate of drug-likeness (QED) is 0.719. The summed E-state index contributed by atoms with van der Waals surface area (Å²) in [5.41, 5.74) is 12.3. The topological polar surface area (TPSA) is 72.3 Å². The molecule has 3 rings (SSSR count). The Morgan fingerprint density at radius 1 is 0.880 bits per heavy atom. The zero-order chi connectivity index (χ0) is 18.1. The molecule has 1 aliphatic carbocycles. The van der Waals surface area contributed by atoms with Gasteiger partial charge in [0.1, 0.15) is 0 Å². The molecule has 0 amide bonds. The third kappa shape index (κ3) is 3.44. The van der Waals surface area contributed by atoms with Crippen molar-refractivity contribution in [2.24, 2.45) is 17.4 Å². The highest BCUT2D eigenvalue weighted by molar-refractivity contribution is 6.98. The summed E-state index contributed by atoms with van der Waals surface area (Å²) in [5.74, 6) is 0.478. The first-order chi connectivity index (χ1) is 11.8. The van der Waals surface area contributed by atoms with Gasteiger partial charge in [0.2, 0.25) is 0 Å². The molecule has 2 atom stereocenters. The van der Waals surface area contributed by atoms with E-state index < -0.39 is 8.32 Å². The highest BCUT2D eigenvalue weighted by Gasteiger charge is 2.51. The van der Waals surface area contributed by atoms with Crippen LogP contribution in [0.1, 0.15) is 33.1 Å². The van der Waals surface area contributed by atoms with E-state index >= 15 is 0 Å². The first-order valence-corrected chi connectivity index (χ1v) is 11.1. The summed E-state index contributed by atoms with van der Waals surface area (Å²) in [6.07, 6.45) is 2.86. The maximum atomic E-state index is 12.2. The molecule has 0 radical (unpaired) electrons. The summed E-state index contributed by atoms with van der Waals surface area (Å²) >= 11 is 0. The molecule has 1 saturated carbocycles. The van der Waals surface area contributed by atoms with Crippen molar-refractivity contribution < 1.29 is 4.80 Å². The lowest BCUT2D eigenvalue weighted by molar-refractivity contribution is 0.382. The van der Waals surface area contributed by atoms with Crippen LogP contribution in [0.3, 0.4) is 0 Å². The normalized spacial score (nSPS) is 24.4. The van der Waals surface area contributed by atoms with Gasteiger partial charge in [-0.25, -0.2) is 0 Å². The van der Waals surface area contributed by atoms with Gasteiger partial charge in [-0.15, -0.1) is 0 Å². The van der Waals surface area contributed by atoms with Crippen LogP contribution in [0.15, 0.2) is 60.7 Å². The Hall–Kier alpha value is -1.46. The third-order valence-corrected chi connectivity index (χ3v) is 10.4. The number of benzene rings is 2. The fourth-order valence-electron chi connectivity index (χ4n) is 4.56. The zero-order valence-corrected chi connectivity index (χ0v) is 16.2. The minimum Gasteiger partial charge on any atom is -0.424 e. The molecule has 1 fully saturated rings. The van der Waals surface area contributed by atoms with Crippen molar-refractivity contribution in [3.8, 4) is 0 Å². The summed E-state index contributed by atoms with van der Waals surface area (Å²) in [6, 6.07) is 20.6. The minimum atomic E-state index is -2.92. The molecule has 0 aromatic heterocycles. The maximum absolute atomic E-state index is 12.2. The molecule has 5 N–H and O–H groups in total. The fourth-order valence-corrected chi connectivity index (χ4v) is 8.39. The first kappa shape index (κ1) is 18.3. The van der Waals surface area contributed by atoms with Gasteiger partial charge < -0.3 is 16.3 Å². The molecule has 0 bridgehead atoms. The monoisotopic (exact) mass is 354 g/mol. The van der Waals surface area contributed by atoms with E-state index in [4.69, 9.17) is 11.5 Å². The van der Waals surface area contributed by atoms with Crippen LogP contribution in [0.4, 0.5) is 0 Å². The second kappa shape index (κ2) is 7.04. The van der Waals surface area contributed by atoms with Gasteiger partial charge in [0.25, 0.3) is 8.32 Å². The van der Waals surface area contributed by atoms with Gasteiger partial charge in [-0.3, -0.25) is 0 Å². The van der Waals surface area contributed by atoms with Gasteiger partial charge in [-0.2, -0.15) is 0 Å². The number of hydrogen-bond donors (Lipinski definition) is 3. The number of nitrogens with two attached hydrogens (primary N) is 2. The first-order valence-electron chi connectivity index (χ1n) is 9.19. The number of hydrogen-bond acceptors (Lipinski definition) is 3. The van der Waals surface area contributed by atoms with Gasteiger partial charge in [0.15, 0.2) is 0 Å². The Kier molecular flexibility index (Phi) is 5.16. The van der Waals surface area contributed by atoms with Crippen LogP contribution in [0.5, 0.6) is 0 Å². The second-order valence-electron chi connectivity index (χ2n) is 8.20. The van der Waals surface area contributed by atoms with Gasteiger partial charge >= 0.3 is 0 Å². The van der Waals surface area contributed by atoms with Crippen molar-refractivity contribution in [1.82, 2.24) is 0 Å². The zero-order valence-electron chi connectivity index (χ0n) is 15.2. The molecule has 2 aromatic rings. The smallest absolute Gasteiger partial charge is 0.258 e. The van der Waals surface area contributed by atoms with E-state index in [1.54, 1.807) is 0 Å². The average Bonchev–Trinajstić information content (AvgIpc) is 2.92. The third-order valence-electron chi connectivity index (χ3n) is 5.92. The van der Waals surface area contributed by atoms with Crippen LogP contribution in [0, 0.1) is 5.92 Å². The van der Waals surface area contributed by atoms with Crippen LogP contribution in [0.2, 0.25) is 5.04 Å². The molecule has 25 heavy (non-hydrogen) atoms. The standard InChI is InChI=1S/C21H30N2OSi/c1-21(2,15-16-13-19(22)20(23)14-16)25(24,17-9-5-3-6-10-17)18-11-7-4-8-12-18/h3-12,16,19-20,24H,13-15,22-23H2,1-2H3. The molecular formula is C21H30N2OSi. The molecule has 0 spiro atoms. The van der Waals surface area contributed by atoms with E-state index in [0.717, 1.165) is 29.6 Å². The molecule has 1 aliphatic rings. The summed E-state index contributed by atoms with van der Waals surface area (Å²) < 4.78 is 0. The van der Waals surface area contributed by atoms with Crippen molar-refractivity contribution in [3.63, 3.8) is 0 Å². The second-order valence-corrected chi connectivity index (χ2v) is 12.1. The Morgan fingerprint density at radius 3 is 1.68 bits per heavy atom. The molecule has 134 valence electrons. The Balaban J connectivity index is 1.99. The average molecular weight is 355 g/mol. The van der Waals surface area contributed by atoms with Crippen LogP contribution in [-0.2, 0) is 0 Å². The summed E-state index contributed by atoms with van der Waals surface area (Å²) in [5, 5.41) is 1.92. The van der Waals surface area contributed by atoms with E-state index in [1.807, 2.05) is 36.4 Å². The van der Waals surface area contributed by atoms with Gasteiger partial charge in [0.05, 0.1) is 0 Å². The van der Waals surface area contributed by atoms with Gasteiger partial charge in [0, 0.05) is 12.1 Å². The molecule has 0 saturated heterocycles. The summed E-state index contributed by atoms with van der Waals surface area (Å²) in [7, 11) is -2.92. The lowest BCUT2D eigenvalue weighted by Crippen LogP contribution is -2.65. The van der Waals surface area contributed by atoms with E-state index in [1.165, 1.54) is 0 Å².